The highest BCUT2D eigenvalue weighted by atomic mass is 19.2. The van der Waals surface area contributed by atoms with Crippen LogP contribution in [0.2, 0.25) is 0 Å². The molecule has 1 aliphatic carbocycles. The molecule has 5 nitrogen and oxygen atoms in total. The van der Waals surface area contributed by atoms with Crippen molar-refractivity contribution in [3.8, 4) is 18.2 Å². The zero-order chi connectivity index (χ0) is 20.5. The third-order valence-electron chi connectivity index (χ3n) is 5.60. The molecule has 0 amide bonds. The van der Waals surface area contributed by atoms with Gasteiger partial charge in [0.15, 0.2) is 17.0 Å². The van der Waals surface area contributed by atoms with Crippen LogP contribution >= 0.6 is 0 Å². The topological polar surface area (TPSA) is 101 Å². The van der Waals surface area contributed by atoms with Gasteiger partial charge in [-0.1, -0.05) is 25.1 Å². The van der Waals surface area contributed by atoms with Crippen LogP contribution in [0.15, 0.2) is 41.1 Å². The molecular weight excluding hydrogens is 360 g/mol. The first-order chi connectivity index (χ1) is 13.4. The summed E-state index contributed by atoms with van der Waals surface area (Å²) < 4.78 is 28.8. The molecule has 2 aliphatic rings. The number of nitrogens with two attached hydrogens (primary N) is 1. The highest BCUT2D eigenvalue weighted by Gasteiger charge is 2.55. The van der Waals surface area contributed by atoms with E-state index in [0.29, 0.717) is 18.7 Å². The Kier molecular flexibility index (Phi) is 5.18. The van der Waals surface area contributed by atoms with Gasteiger partial charge in [0.05, 0.1) is 23.4 Å². The first kappa shape index (κ1) is 19.5. The molecule has 0 saturated heterocycles. The van der Waals surface area contributed by atoms with Crippen LogP contribution in [0, 0.1) is 57.0 Å². The summed E-state index contributed by atoms with van der Waals surface area (Å²) in [6, 6.07) is 9.59. The Morgan fingerprint density at radius 3 is 2.57 bits per heavy atom. The van der Waals surface area contributed by atoms with Gasteiger partial charge >= 0.3 is 0 Å². The second-order valence-electron chi connectivity index (χ2n) is 7.08. The van der Waals surface area contributed by atoms with Crippen LogP contribution in [0.3, 0.4) is 0 Å². The number of rotatable bonds is 3. The van der Waals surface area contributed by atoms with Crippen molar-refractivity contribution in [3.05, 3.63) is 58.3 Å². The fraction of sp³-hybridized carbons (Fsp3) is 0.381. The van der Waals surface area contributed by atoms with E-state index in [4.69, 9.17) is 5.73 Å². The molecule has 7 heteroatoms. The smallest absolute Gasteiger partial charge is 0.191 e. The van der Waals surface area contributed by atoms with E-state index in [9.17, 15) is 24.6 Å². The summed E-state index contributed by atoms with van der Waals surface area (Å²) in [6.07, 6.45) is 2.73. The molecule has 0 aromatic heterocycles. The van der Waals surface area contributed by atoms with Gasteiger partial charge < -0.3 is 5.73 Å². The molecule has 3 rings (SSSR count). The van der Waals surface area contributed by atoms with Gasteiger partial charge in [0.1, 0.15) is 6.07 Å². The molecule has 1 heterocycles. The summed E-state index contributed by atoms with van der Waals surface area (Å²) in [4.78, 5) is 2.11. The van der Waals surface area contributed by atoms with Crippen molar-refractivity contribution < 1.29 is 8.78 Å². The summed E-state index contributed by atoms with van der Waals surface area (Å²) >= 11 is 0. The van der Waals surface area contributed by atoms with E-state index in [0.717, 1.165) is 19.0 Å². The normalized spacial score (nSPS) is 23.8. The molecular formula is C21H19F2N5. The molecule has 0 spiro atoms. The van der Waals surface area contributed by atoms with Crippen LogP contribution in [0.5, 0.6) is 0 Å². The van der Waals surface area contributed by atoms with Crippen molar-refractivity contribution in [2.75, 3.05) is 19.6 Å². The molecule has 0 radical (unpaired) electrons. The molecule has 2 atom stereocenters. The van der Waals surface area contributed by atoms with Crippen LogP contribution in [-0.4, -0.2) is 24.5 Å². The fourth-order valence-electron chi connectivity index (χ4n) is 4.34. The SMILES string of the molecule is CCCN1CC=C2C(C#N)=C(N)C(C#N)(C#N)C(c3cccc(F)c3F)C2C1. The molecule has 142 valence electrons. The predicted octanol–water partition coefficient (Wildman–Crippen LogP) is 3.10. The van der Waals surface area contributed by atoms with Crippen molar-refractivity contribution >= 4 is 0 Å². The number of hydrogen-bond acceptors (Lipinski definition) is 5. The van der Waals surface area contributed by atoms with Gasteiger partial charge in [-0.2, -0.15) is 15.8 Å². The number of hydrogen-bond donors (Lipinski definition) is 1. The van der Waals surface area contributed by atoms with Crippen LogP contribution < -0.4 is 5.73 Å². The quantitative estimate of drug-likeness (QED) is 0.870. The van der Waals surface area contributed by atoms with Crippen LogP contribution in [0.4, 0.5) is 8.78 Å². The zero-order valence-corrected chi connectivity index (χ0v) is 15.4. The lowest BCUT2D eigenvalue weighted by molar-refractivity contribution is 0.204. The van der Waals surface area contributed by atoms with Gasteiger partial charge in [-0.15, -0.1) is 0 Å². The Morgan fingerprint density at radius 2 is 1.96 bits per heavy atom. The Hall–Kier alpha value is -3.21. The molecule has 28 heavy (non-hydrogen) atoms. The minimum Gasteiger partial charge on any atom is -0.399 e. The third kappa shape index (κ3) is 2.74. The lowest BCUT2D eigenvalue weighted by Crippen LogP contribution is -2.48. The minimum absolute atomic E-state index is 0.0720. The summed E-state index contributed by atoms with van der Waals surface area (Å²) in [7, 11) is 0. The Morgan fingerprint density at radius 1 is 1.25 bits per heavy atom. The standard InChI is InChI=1S/C21H19F2N5/c1-2-7-28-8-6-13-15(9-24)20(27)21(11-25,12-26)18(16(13)10-28)14-4-3-5-17(22)19(14)23/h3-6,16,18H,2,7-8,10,27H2,1H3. The summed E-state index contributed by atoms with van der Waals surface area (Å²) in [5.74, 6) is -3.70. The maximum absolute atomic E-state index is 14.8. The summed E-state index contributed by atoms with van der Waals surface area (Å²) in [5.41, 5.74) is 4.61. The molecule has 0 bridgehead atoms. The summed E-state index contributed by atoms with van der Waals surface area (Å²) in [6.45, 7) is 3.80. The van der Waals surface area contributed by atoms with E-state index in [1.165, 1.54) is 12.1 Å². The highest BCUT2D eigenvalue weighted by molar-refractivity contribution is 5.59. The van der Waals surface area contributed by atoms with E-state index in [1.54, 1.807) is 0 Å². The largest absolute Gasteiger partial charge is 0.399 e. The fourth-order valence-corrected chi connectivity index (χ4v) is 4.34. The van der Waals surface area contributed by atoms with Crippen molar-refractivity contribution in [3.63, 3.8) is 0 Å². The maximum atomic E-state index is 14.8. The highest BCUT2D eigenvalue weighted by Crippen LogP contribution is 2.54. The molecule has 1 aromatic rings. The lowest BCUT2D eigenvalue weighted by Gasteiger charge is -2.45. The number of benzene rings is 1. The summed E-state index contributed by atoms with van der Waals surface area (Å²) in [5, 5.41) is 29.5. The lowest BCUT2D eigenvalue weighted by atomic mass is 9.58. The molecule has 0 saturated carbocycles. The van der Waals surface area contributed by atoms with Crippen LogP contribution in [-0.2, 0) is 0 Å². The van der Waals surface area contributed by atoms with E-state index in [1.807, 2.05) is 31.2 Å². The van der Waals surface area contributed by atoms with Gasteiger partial charge in [-0.05, 0) is 30.2 Å². The van der Waals surface area contributed by atoms with Crippen LogP contribution in [0.1, 0.15) is 24.8 Å². The zero-order valence-electron chi connectivity index (χ0n) is 15.4. The van der Waals surface area contributed by atoms with Crippen molar-refractivity contribution in [2.45, 2.75) is 19.3 Å². The Bertz CT molecular complexity index is 976. The molecule has 0 fully saturated rings. The number of allylic oxidation sites excluding steroid dienone is 2. The van der Waals surface area contributed by atoms with Gasteiger partial charge in [0.2, 0.25) is 0 Å². The third-order valence-corrected chi connectivity index (χ3v) is 5.60. The first-order valence-electron chi connectivity index (χ1n) is 9.04. The first-order valence-corrected chi connectivity index (χ1v) is 9.04. The van der Waals surface area contributed by atoms with Gasteiger partial charge in [0, 0.05) is 24.9 Å². The Balaban J connectivity index is 2.32. The van der Waals surface area contributed by atoms with Crippen molar-refractivity contribution in [1.82, 2.24) is 4.90 Å². The number of halogens is 2. The van der Waals surface area contributed by atoms with Crippen LogP contribution in [0.25, 0.3) is 0 Å². The average molecular weight is 379 g/mol. The predicted molar refractivity (Wildman–Crippen MR) is 97.9 cm³/mol. The maximum Gasteiger partial charge on any atom is 0.191 e. The molecule has 1 aromatic carbocycles. The second kappa shape index (κ2) is 7.43. The number of nitriles is 3. The molecule has 2 unspecified atom stereocenters. The average Bonchev–Trinajstić information content (AvgIpc) is 2.70. The van der Waals surface area contributed by atoms with Gasteiger partial charge in [-0.25, -0.2) is 8.78 Å². The van der Waals surface area contributed by atoms with E-state index >= 15 is 0 Å². The van der Waals surface area contributed by atoms with E-state index in [2.05, 4.69) is 4.90 Å². The van der Waals surface area contributed by atoms with E-state index < -0.39 is 28.9 Å². The Labute approximate surface area is 162 Å². The van der Waals surface area contributed by atoms with Gasteiger partial charge in [0.25, 0.3) is 0 Å². The minimum atomic E-state index is -1.96. The van der Waals surface area contributed by atoms with Gasteiger partial charge in [-0.3, -0.25) is 4.90 Å². The van der Waals surface area contributed by atoms with E-state index in [-0.39, 0.29) is 16.8 Å². The molecule has 1 aliphatic heterocycles. The second-order valence-corrected chi connectivity index (χ2v) is 7.08. The van der Waals surface area contributed by atoms with Crippen molar-refractivity contribution in [2.24, 2.45) is 17.1 Å². The number of fused-ring (bicyclic) bond motifs is 1. The van der Waals surface area contributed by atoms with Crippen molar-refractivity contribution in [1.29, 1.82) is 15.8 Å². The number of nitrogens with zero attached hydrogens (tertiary/aromatic N) is 4. The monoisotopic (exact) mass is 379 g/mol. The molecule has 2 N–H and O–H groups in total.